The van der Waals surface area contributed by atoms with E-state index >= 15 is 0 Å². The van der Waals surface area contributed by atoms with Crippen LogP contribution in [0.5, 0.6) is 0 Å². The molecule has 15 rings (SSSR count). The lowest BCUT2D eigenvalue weighted by Gasteiger charge is -2.61. The first-order valence-electron chi connectivity index (χ1n) is 24.3. The van der Waals surface area contributed by atoms with E-state index in [0.29, 0.717) is 11.8 Å². The molecule has 0 N–H and O–H groups in total. The predicted octanol–water partition coefficient (Wildman–Crippen LogP) is 16.2. The normalized spacial score (nSPS) is 23.7. The van der Waals surface area contributed by atoms with Crippen LogP contribution in [0.2, 0.25) is 0 Å². The second-order valence-corrected chi connectivity index (χ2v) is 21.6. The molecule has 2 heteroatoms. The van der Waals surface area contributed by atoms with Crippen molar-refractivity contribution in [2.24, 2.45) is 23.7 Å². The second-order valence-electron chi connectivity index (χ2n) is 21.6. The number of fused-ring (bicyclic) bond motifs is 9. The lowest BCUT2D eigenvalue weighted by Crippen LogP contribution is -2.55. The summed E-state index contributed by atoms with van der Waals surface area (Å²) >= 11 is 0. The molecule has 0 atom stereocenters. The fourth-order valence-corrected chi connectivity index (χ4v) is 15.1. The molecule has 4 bridgehead atoms. The Morgan fingerprint density at radius 3 is 1.52 bits per heavy atom. The Kier molecular flexibility index (Phi) is 7.73. The van der Waals surface area contributed by atoms with Gasteiger partial charge in [0.05, 0.1) is 0 Å². The molecule has 7 aliphatic rings. The van der Waals surface area contributed by atoms with Gasteiger partial charge in [0.2, 0.25) is 0 Å². The van der Waals surface area contributed by atoms with Gasteiger partial charge in [-0.2, -0.15) is 0 Å². The van der Waals surface area contributed by atoms with Crippen molar-refractivity contribution in [2.45, 2.75) is 76.0 Å². The van der Waals surface area contributed by atoms with Crippen molar-refractivity contribution in [1.82, 2.24) is 4.98 Å². The molecule has 2 nitrogen and oxygen atoms in total. The van der Waals surface area contributed by atoms with Crippen LogP contribution in [0, 0.1) is 23.7 Å². The van der Waals surface area contributed by atoms with Gasteiger partial charge in [-0.05, 0) is 199 Å². The Morgan fingerprint density at radius 1 is 0.385 bits per heavy atom. The van der Waals surface area contributed by atoms with Gasteiger partial charge in [0.15, 0.2) is 0 Å². The molecule has 0 aliphatic heterocycles. The van der Waals surface area contributed by atoms with Crippen molar-refractivity contribution in [3.8, 4) is 55.6 Å². The minimum atomic E-state index is -0.127. The van der Waals surface area contributed by atoms with Gasteiger partial charge in [-0.3, -0.25) is 4.98 Å². The van der Waals surface area contributed by atoms with Crippen LogP contribution in [-0.2, 0) is 16.2 Å². The number of hydrogen-bond donors (Lipinski definition) is 0. The maximum atomic E-state index is 4.58. The predicted molar refractivity (Wildman–Crippen MR) is 268 cm³/mol. The summed E-state index contributed by atoms with van der Waals surface area (Å²) in [4.78, 5) is 7.21. The van der Waals surface area contributed by atoms with E-state index in [1.165, 1.54) is 127 Å². The fourth-order valence-electron chi connectivity index (χ4n) is 15.1. The van der Waals surface area contributed by atoms with E-state index in [2.05, 4.69) is 195 Å². The first-order chi connectivity index (χ1) is 31.7. The van der Waals surface area contributed by atoms with E-state index in [1.807, 2.05) is 12.4 Å². The standard InChI is InChI=1S/C63H54N2/c1-61(2)54-16-10-8-14-48(54)50-21-19-45(35-57(50)61)65(46-20-22-51-49-15-9-11-17-55(49)62(3,4)58(51)36-46)47-34-52(41-24-26-64-27-25-41)60-53-33-42(40-12-6-5-7-13-40)18-23-56(53)63(59(60)37-47)43-29-38-28-39(31-43)32-44(63)30-38/h5-27,33-39,43-44H,28-32H2,1-4H3. The average Bonchev–Trinajstić information content (AvgIpc) is 3.85. The summed E-state index contributed by atoms with van der Waals surface area (Å²) < 4.78 is 0. The first-order valence-corrected chi connectivity index (χ1v) is 24.3. The summed E-state index contributed by atoms with van der Waals surface area (Å²) in [6.07, 6.45) is 10.8. The van der Waals surface area contributed by atoms with Crippen molar-refractivity contribution in [3.05, 3.63) is 203 Å². The quantitative estimate of drug-likeness (QED) is 0.172. The van der Waals surface area contributed by atoms with Gasteiger partial charge >= 0.3 is 0 Å². The van der Waals surface area contributed by atoms with Gasteiger partial charge in [-0.1, -0.05) is 131 Å². The summed E-state index contributed by atoms with van der Waals surface area (Å²) in [6.45, 7) is 9.65. The monoisotopic (exact) mass is 838 g/mol. The highest BCUT2D eigenvalue weighted by atomic mass is 15.1. The largest absolute Gasteiger partial charge is 0.310 e. The molecular weight excluding hydrogens is 785 g/mol. The van der Waals surface area contributed by atoms with Crippen LogP contribution in [0.25, 0.3) is 55.6 Å². The minimum Gasteiger partial charge on any atom is -0.310 e. The van der Waals surface area contributed by atoms with Crippen LogP contribution in [0.1, 0.15) is 93.2 Å². The van der Waals surface area contributed by atoms with E-state index in [-0.39, 0.29) is 16.2 Å². The Bertz CT molecular complexity index is 3150. The number of pyridine rings is 1. The Labute approximate surface area is 384 Å². The van der Waals surface area contributed by atoms with Gasteiger partial charge in [0.25, 0.3) is 0 Å². The molecule has 7 aliphatic carbocycles. The van der Waals surface area contributed by atoms with E-state index in [1.54, 1.807) is 11.1 Å². The molecule has 316 valence electrons. The van der Waals surface area contributed by atoms with Gasteiger partial charge < -0.3 is 4.90 Å². The number of hydrogen-bond acceptors (Lipinski definition) is 2. The molecule has 1 aromatic heterocycles. The summed E-state index contributed by atoms with van der Waals surface area (Å²) in [7, 11) is 0. The molecule has 4 fully saturated rings. The molecule has 0 radical (unpaired) electrons. The molecule has 0 amide bonds. The molecule has 7 aromatic carbocycles. The molecule has 0 saturated heterocycles. The third kappa shape index (κ3) is 5.09. The topological polar surface area (TPSA) is 16.1 Å². The van der Waals surface area contributed by atoms with Gasteiger partial charge in [-0.15, -0.1) is 0 Å². The number of benzene rings is 7. The summed E-state index contributed by atoms with van der Waals surface area (Å²) in [5.41, 5.74) is 25.5. The van der Waals surface area contributed by atoms with Crippen LogP contribution in [-0.4, -0.2) is 4.98 Å². The number of rotatable bonds is 5. The van der Waals surface area contributed by atoms with Crippen molar-refractivity contribution >= 4 is 17.1 Å². The molecule has 4 saturated carbocycles. The zero-order valence-electron chi connectivity index (χ0n) is 37.9. The first kappa shape index (κ1) is 37.8. The van der Waals surface area contributed by atoms with Crippen LogP contribution >= 0.6 is 0 Å². The molecule has 0 unspecified atom stereocenters. The highest BCUT2D eigenvalue weighted by molar-refractivity contribution is 5.98. The maximum Gasteiger partial charge on any atom is 0.0471 e. The Hall–Kier alpha value is -6.51. The maximum absolute atomic E-state index is 4.58. The van der Waals surface area contributed by atoms with Crippen LogP contribution in [0.4, 0.5) is 17.1 Å². The third-order valence-electron chi connectivity index (χ3n) is 17.7. The van der Waals surface area contributed by atoms with Crippen molar-refractivity contribution in [1.29, 1.82) is 0 Å². The van der Waals surface area contributed by atoms with Crippen molar-refractivity contribution in [3.63, 3.8) is 0 Å². The van der Waals surface area contributed by atoms with E-state index in [9.17, 15) is 0 Å². The third-order valence-corrected chi connectivity index (χ3v) is 17.7. The lowest BCUT2D eigenvalue weighted by atomic mass is 9.43. The molecule has 8 aromatic rings. The lowest BCUT2D eigenvalue weighted by molar-refractivity contribution is -0.0399. The van der Waals surface area contributed by atoms with Gasteiger partial charge in [0.1, 0.15) is 0 Å². The van der Waals surface area contributed by atoms with Crippen LogP contribution in [0.3, 0.4) is 0 Å². The second kappa shape index (κ2) is 13.3. The zero-order chi connectivity index (χ0) is 43.4. The van der Waals surface area contributed by atoms with Gasteiger partial charge in [-0.25, -0.2) is 0 Å². The Balaban J connectivity index is 1.06. The number of nitrogens with zero attached hydrogens (tertiary/aromatic N) is 2. The highest BCUT2D eigenvalue weighted by Gasteiger charge is 2.62. The summed E-state index contributed by atoms with van der Waals surface area (Å²) in [5.74, 6) is 2.98. The molecule has 65 heavy (non-hydrogen) atoms. The highest BCUT2D eigenvalue weighted by Crippen LogP contribution is 2.71. The smallest absolute Gasteiger partial charge is 0.0471 e. The average molecular weight is 839 g/mol. The van der Waals surface area contributed by atoms with Crippen molar-refractivity contribution in [2.75, 3.05) is 4.90 Å². The number of aromatic nitrogens is 1. The van der Waals surface area contributed by atoms with E-state index in [0.717, 1.165) is 11.8 Å². The van der Waals surface area contributed by atoms with E-state index < -0.39 is 0 Å². The molecular formula is C63H54N2. The zero-order valence-corrected chi connectivity index (χ0v) is 37.9. The van der Waals surface area contributed by atoms with E-state index in [4.69, 9.17) is 0 Å². The Morgan fingerprint density at radius 2 is 0.923 bits per heavy atom. The summed E-state index contributed by atoms with van der Waals surface area (Å²) in [5, 5.41) is 0. The fraction of sp³-hybridized carbons (Fsp3) is 0.254. The minimum absolute atomic E-state index is 0.0279. The number of anilines is 3. The molecule has 1 spiro atoms. The molecule has 1 heterocycles. The SMILES string of the molecule is CC1(C)c2ccccc2-c2ccc(N(c3ccc4c(c3)C(C)(C)c3ccccc3-4)c3cc(-c4ccncc4)c4c(c3)C3(c5ccc(-c6ccccc6)cc5-4)C4CC5CC(C4)CC3C5)cc21. The summed E-state index contributed by atoms with van der Waals surface area (Å²) in [6, 6.07) is 61.1. The van der Waals surface area contributed by atoms with Crippen molar-refractivity contribution < 1.29 is 0 Å². The van der Waals surface area contributed by atoms with Crippen LogP contribution in [0.15, 0.2) is 170 Å². The van der Waals surface area contributed by atoms with Crippen LogP contribution < -0.4 is 4.90 Å². The van der Waals surface area contributed by atoms with Gasteiger partial charge in [0, 0.05) is 45.7 Å².